The lowest BCUT2D eigenvalue weighted by Crippen LogP contribution is -2.63. The molecule has 2 aromatic heterocycles. The summed E-state index contributed by atoms with van der Waals surface area (Å²) in [6.45, 7) is -0.251. The Kier molecular flexibility index (Phi) is 9.63. The van der Waals surface area contributed by atoms with Crippen molar-refractivity contribution in [2.24, 2.45) is 5.73 Å². The number of aliphatic hydroxyl groups excluding tert-OH is 3. The van der Waals surface area contributed by atoms with Crippen LogP contribution in [0.4, 0.5) is 8.78 Å². The number of nitrogens with two attached hydrogens (primary N) is 1. The van der Waals surface area contributed by atoms with Crippen LogP contribution < -0.4 is 19.9 Å². The lowest BCUT2D eigenvalue weighted by molar-refractivity contribution is -0.240. The standard InChI is InChI=1S/C31H37F2N3O8/c1-31(2,40)24-9-5-18(14-35-24)20(17-4-8-21(43-30(32)33)22(12-17)41-19-6-7-19)11-16-3-10-25(36-13-16)44-29-26(34)28(39)27(38)23(15-37)42-29/h3-5,8-10,12-14,19-20,23,26-30,37-40H,6-7,11,15,34H2,1-2H3/t20-,23?,26+,27+,28?,29+/m0/s1. The first kappa shape index (κ1) is 31.9. The molecule has 3 heterocycles. The number of nitrogens with zero attached hydrogens (tertiary/aromatic N) is 2. The number of ether oxygens (including phenoxy) is 4. The highest BCUT2D eigenvalue weighted by atomic mass is 19.3. The number of alkyl halides is 2. The van der Waals surface area contributed by atoms with Crippen molar-refractivity contribution in [1.82, 2.24) is 9.97 Å². The number of benzene rings is 1. The van der Waals surface area contributed by atoms with Crippen LogP contribution in [0, 0.1) is 0 Å². The summed E-state index contributed by atoms with van der Waals surface area (Å²) in [7, 11) is 0. The zero-order chi connectivity index (χ0) is 31.6. The van der Waals surface area contributed by atoms with Crippen LogP contribution in [0.2, 0.25) is 0 Å². The van der Waals surface area contributed by atoms with E-state index in [1.165, 1.54) is 6.07 Å². The molecule has 0 amide bonds. The van der Waals surface area contributed by atoms with Crippen molar-refractivity contribution in [1.29, 1.82) is 0 Å². The molecule has 2 aliphatic rings. The van der Waals surface area contributed by atoms with Crippen LogP contribution in [-0.4, -0.2) is 80.4 Å². The molecule has 1 saturated carbocycles. The number of pyridine rings is 2. The lowest BCUT2D eigenvalue weighted by Gasteiger charge is -2.40. The quantitative estimate of drug-likeness (QED) is 0.202. The minimum absolute atomic E-state index is 0.0442. The molecule has 6 N–H and O–H groups in total. The minimum Gasteiger partial charge on any atom is -0.487 e. The molecule has 1 aliphatic carbocycles. The summed E-state index contributed by atoms with van der Waals surface area (Å²) in [5.41, 5.74) is 7.70. The van der Waals surface area contributed by atoms with Crippen molar-refractivity contribution in [3.05, 3.63) is 77.2 Å². The average Bonchev–Trinajstić information content (AvgIpc) is 3.81. The Morgan fingerprint density at radius 1 is 0.977 bits per heavy atom. The third-order valence-electron chi connectivity index (χ3n) is 7.62. The van der Waals surface area contributed by atoms with Crippen LogP contribution in [0.25, 0.3) is 0 Å². The van der Waals surface area contributed by atoms with Crippen LogP contribution in [-0.2, 0) is 16.8 Å². The van der Waals surface area contributed by atoms with Crippen LogP contribution in [0.15, 0.2) is 54.9 Å². The van der Waals surface area contributed by atoms with E-state index in [2.05, 4.69) is 9.97 Å². The topological polar surface area (TPSA) is 170 Å². The molecule has 1 aromatic carbocycles. The third kappa shape index (κ3) is 7.60. The van der Waals surface area contributed by atoms with Gasteiger partial charge in [0.1, 0.15) is 23.9 Å². The van der Waals surface area contributed by atoms with Crippen molar-refractivity contribution in [2.45, 2.75) is 88.0 Å². The fourth-order valence-corrected chi connectivity index (χ4v) is 4.96. The number of hydrogen-bond donors (Lipinski definition) is 5. The Hall–Kier alpha value is -3.46. The summed E-state index contributed by atoms with van der Waals surface area (Å²) in [6.07, 6.45) is 0.356. The molecule has 5 rings (SSSR count). The average molecular weight is 618 g/mol. The molecule has 1 aliphatic heterocycles. The van der Waals surface area contributed by atoms with Gasteiger partial charge in [0, 0.05) is 24.4 Å². The van der Waals surface area contributed by atoms with Gasteiger partial charge in [-0.1, -0.05) is 18.2 Å². The predicted molar refractivity (Wildman–Crippen MR) is 152 cm³/mol. The van der Waals surface area contributed by atoms with Gasteiger partial charge in [0.15, 0.2) is 11.5 Å². The second-order valence-corrected chi connectivity index (χ2v) is 11.6. The Bertz CT molecular complexity index is 1380. The fourth-order valence-electron chi connectivity index (χ4n) is 4.96. The highest BCUT2D eigenvalue weighted by Gasteiger charge is 2.43. The zero-order valence-corrected chi connectivity index (χ0v) is 24.3. The number of aliphatic hydroxyl groups is 4. The van der Waals surface area contributed by atoms with E-state index in [1.807, 2.05) is 6.07 Å². The monoisotopic (exact) mass is 617 g/mol. The Morgan fingerprint density at radius 2 is 1.73 bits per heavy atom. The van der Waals surface area contributed by atoms with Gasteiger partial charge in [0.05, 0.1) is 24.4 Å². The van der Waals surface area contributed by atoms with E-state index in [0.29, 0.717) is 12.1 Å². The maximum absolute atomic E-state index is 13.1. The first-order chi connectivity index (χ1) is 20.9. The van der Waals surface area contributed by atoms with Crippen molar-refractivity contribution < 1.29 is 48.2 Å². The van der Waals surface area contributed by atoms with E-state index >= 15 is 0 Å². The van der Waals surface area contributed by atoms with Crippen molar-refractivity contribution in [2.75, 3.05) is 6.61 Å². The fraction of sp³-hybridized carbons (Fsp3) is 0.484. The molecule has 6 atom stereocenters. The lowest BCUT2D eigenvalue weighted by atomic mass is 9.86. The highest BCUT2D eigenvalue weighted by molar-refractivity contribution is 5.47. The van der Waals surface area contributed by atoms with E-state index in [4.69, 9.17) is 24.7 Å². The summed E-state index contributed by atoms with van der Waals surface area (Å²) in [5.74, 6) is 0.0230. The second kappa shape index (κ2) is 13.3. The minimum atomic E-state index is -3.00. The van der Waals surface area contributed by atoms with Gasteiger partial charge in [0.25, 0.3) is 0 Å². The van der Waals surface area contributed by atoms with Gasteiger partial charge in [-0.05, 0) is 68.0 Å². The van der Waals surface area contributed by atoms with E-state index in [1.54, 1.807) is 56.6 Å². The summed E-state index contributed by atoms with van der Waals surface area (Å²) in [5, 5.41) is 40.1. The van der Waals surface area contributed by atoms with E-state index in [-0.39, 0.29) is 29.4 Å². The summed E-state index contributed by atoms with van der Waals surface area (Å²) in [6, 6.07) is 10.8. The number of halogens is 2. The van der Waals surface area contributed by atoms with Gasteiger partial charge in [-0.2, -0.15) is 8.78 Å². The summed E-state index contributed by atoms with van der Waals surface area (Å²) >= 11 is 0. The molecule has 13 heteroatoms. The number of aromatic nitrogens is 2. The van der Waals surface area contributed by atoms with Crippen LogP contribution in [0.1, 0.15) is 55.0 Å². The SMILES string of the molecule is CC(C)(O)c1ccc([C@@H](Cc2ccc(O[C@H]3OC(CO)[C@@H](O)C(O)[C@H]3N)nc2)c2ccc(OC(F)F)c(OC3CC3)c2)cn1. The Labute approximate surface area is 253 Å². The molecule has 44 heavy (non-hydrogen) atoms. The predicted octanol–water partition coefficient (Wildman–Crippen LogP) is 2.37. The van der Waals surface area contributed by atoms with E-state index in [0.717, 1.165) is 29.5 Å². The van der Waals surface area contributed by atoms with Crippen molar-refractivity contribution in [3.63, 3.8) is 0 Å². The summed E-state index contributed by atoms with van der Waals surface area (Å²) in [4.78, 5) is 8.82. The first-order valence-electron chi connectivity index (χ1n) is 14.4. The normalized spacial score (nSPS) is 24.6. The first-order valence-corrected chi connectivity index (χ1v) is 14.4. The van der Waals surface area contributed by atoms with E-state index in [9.17, 15) is 29.2 Å². The molecule has 11 nitrogen and oxygen atoms in total. The maximum Gasteiger partial charge on any atom is 0.387 e. The molecule has 1 saturated heterocycles. The number of hydrogen-bond acceptors (Lipinski definition) is 11. The van der Waals surface area contributed by atoms with Gasteiger partial charge in [-0.15, -0.1) is 0 Å². The molecular formula is C31H37F2N3O8. The zero-order valence-electron chi connectivity index (χ0n) is 24.3. The molecule has 3 aromatic rings. The molecule has 0 radical (unpaired) electrons. The molecular weight excluding hydrogens is 580 g/mol. The summed E-state index contributed by atoms with van der Waals surface area (Å²) < 4.78 is 48.1. The second-order valence-electron chi connectivity index (χ2n) is 11.6. The highest BCUT2D eigenvalue weighted by Crippen LogP contribution is 2.39. The van der Waals surface area contributed by atoms with Gasteiger partial charge in [0.2, 0.25) is 12.2 Å². The largest absolute Gasteiger partial charge is 0.487 e. The smallest absolute Gasteiger partial charge is 0.387 e. The maximum atomic E-state index is 13.1. The van der Waals surface area contributed by atoms with Gasteiger partial charge in [-0.3, -0.25) is 4.98 Å². The molecule has 2 unspecified atom stereocenters. The third-order valence-corrected chi connectivity index (χ3v) is 7.62. The number of rotatable bonds is 12. The molecule has 0 bridgehead atoms. The molecule has 238 valence electrons. The molecule has 2 fully saturated rings. The van der Waals surface area contributed by atoms with Crippen molar-refractivity contribution >= 4 is 0 Å². The van der Waals surface area contributed by atoms with Gasteiger partial charge >= 0.3 is 6.61 Å². The van der Waals surface area contributed by atoms with E-state index < -0.39 is 49.5 Å². The van der Waals surface area contributed by atoms with Gasteiger partial charge in [-0.25, -0.2) is 4.98 Å². The van der Waals surface area contributed by atoms with Crippen LogP contribution in [0.5, 0.6) is 17.4 Å². The molecule has 0 spiro atoms. The van der Waals surface area contributed by atoms with Crippen molar-refractivity contribution in [3.8, 4) is 17.4 Å². The van der Waals surface area contributed by atoms with Gasteiger partial charge < -0.3 is 45.1 Å². The van der Waals surface area contributed by atoms with Crippen LogP contribution >= 0.6 is 0 Å². The Balaban J connectivity index is 1.40. The Morgan fingerprint density at radius 3 is 2.32 bits per heavy atom. The van der Waals surface area contributed by atoms with Crippen LogP contribution in [0.3, 0.4) is 0 Å².